The Bertz CT molecular complexity index is 1030. The number of hydrogen-bond acceptors (Lipinski definition) is 3. The Morgan fingerprint density at radius 3 is 2.03 bits per heavy atom. The Morgan fingerprint density at radius 1 is 0.684 bits per heavy atom. The standard InChI is InChI=1S/C34H46N2O2/c1-2-3-4-5-6-7-8-9-10-16-26-36-34(37)31-23-21-29(22-24-31)28-35-27-25-30-17-14-15-20-33(30)38-32-18-12-11-13-19-32/h11-15,17-24,35H,2-10,16,25-28H2,1H3,(H,36,37). The van der Waals surface area contributed by atoms with Gasteiger partial charge in [-0.1, -0.05) is 113 Å². The fourth-order valence-electron chi connectivity index (χ4n) is 4.57. The monoisotopic (exact) mass is 514 g/mol. The summed E-state index contributed by atoms with van der Waals surface area (Å²) in [4.78, 5) is 12.5. The van der Waals surface area contributed by atoms with E-state index in [0.29, 0.717) is 0 Å². The van der Waals surface area contributed by atoms with Gasteiger partial charge in [0.15, 0.2) is 0 Å². The van der Waals surface area contributed by atoms with Crippen LogP contribution in [-0.2, 0) is 13.0 Å². The molecule has 204 valence electrons. The number of rotatable bonds is 19. The highest BCUT2D eigenvalue weighted by atomic mass is 16.5. The van der Waals surface area contributed by atoms with E-state index >= 15 is 0 Å². The summed E-state index contributed by atoms with van der Waals surface area (Å²) in [5.74, 6) is 1.77. The fourth-order valence-corrected chi connectivity index (χ4v) is 4.57. The molecule has 0 saturated heterocycles. The lowest BCUT2D eigenvalue weighted by Crippen LogP contribution is -2.24. The molecular formula is C34H46N2O2. The van der Waals surface area contributed by atoms with Crippen LogP contribution in [0.25, 0.3) is 0 Å². The number of para-hydroxylation sites is 2. The van der Waals surface area contributed by atoms with Crippen LogP contribution in [0.5, 0.6) is 11.5 Å². The maximum absolute atomic E-state index is 12.5. The SMILES string of the molecule is CCCCCCCCCCCCNC(=O)c1ccc(CNCCc2ccccc2Oc2ccccc2)cc1. The minimum Gasteiger partial charge on any atom is -0.457 e. The molecular weight excluding hydrogens is 468 g/mol. The summed E-state index contributed by atoms with van der Waals surface area (Å²) in [5, 5.41) is 6.58. The summed E-state index contributed by atoms with van der Waals surface area (Å²) < 4.78 is 6.07. The van der Waals surface area contributed by atoms with Crippen molar-refractivity contribution in [3.05, 3.63) is 95.6 Å². The Kier molecular flexibility index (Phi) is 14.1. The molecule has 2 N–H and O–H groups in total. The largest absolute Gasteiger partial charge is 0.457 e. The Hall–Kier alpha value is -3.11. The van der Waals surface area contributed by atoms with E-state index in [0.717, 1.165) is 49.5 Å². The highest BCUT2D eigenvalue weighted by molar-refractivity contribution is 5.94. The molecule has 0 bridgehead atoms. The van der Waals surface area contributed by atoms with Gasteiger partial charge in [-0.05, 0) is 60.8 Å². The van der Waals surface area contributed by atoms with Crippen LogP contribution in [-0.4, -0.2) is 19.0 Å². The number of ether oxygens (including phenoxy) is 1. The molecule has 0 aliphatic rings. The van der Waals surface area contributed by atoms with Gasteiger partial charge in [0, 0.05) is 18.7 Å². The molecule has 4 heteroatoms. The predicted octanol–water partition coefficient (Wildman–Crippen LogP) is 8.46. The van der Waals surface area contributed by atoms with Crippen molar-refractivity contribution >= 4 is 5.91 Å². The van der Waals surface area contributed by atoms with Crippen LogP contribution < -0.4 is 15.4 Å². The van der Waals surface area contributed by atoms with E-state index in [9.17, 15) is 4.79 Å². The normalized spacial score (nSPS) is 10.9. The van der Waals surface area contributed by atoms with Gasteiger partial charge in [0.1, 0.15) is 11.5 Å². The molecule has 0 atom stereocenters. The van der Waals surface area contributed by atoms with Crippen LogP contribution in [0.1, 0.15) is 92.6 Å². The van der Waals surface area contributed by atoms with Crippen molar-refractivity contribution in [2.75, 3.05) is 13.1 Å². The molecule has 0 spiro atoms. The van der Waals surface area contributed by atoms with Crippen LogP contribution in [0.2, 0.25) is 0 Å². The predicted molar refractivity (Wildman–Crippen MR) is 159 cm³/mol. The number of carbonyl (C=O) groups is 1. The molecule has 0 aromatic heterocycles. The third-order valence-corrected chi connectivity index (χ3v) is 6.88. The van der Waals surface area contributed by atoms with Gasteiger partial charge < -0.3 is 15.4 Å². The van der Waals surface area contributed by atoms with E-state index < -0.39 is 0 Å². The zero-order valence-electron chi connectivity index (χ0n) is 23.2. The van der Waals surface area contributed by atoms with Gasteiger partial charge in [-0.3, -0.25) is 4.79 Å². The van der Waals surface area contributed by atoms with E-state index in [-0.39, 0.29) is 5.91 Å². The second-order valence-corrected chi connectivity index (χ2v) is 10.1. The first-order valence-corrected chi connectivity index (χ1v) is 14.6. The number of benzene rings is 3. The second kappa shape index (κ2) is 18.2. The van der Waals surface area contributed by atoms with Crippen molar-refractivity contribution in [1.29, 1.82) is 0 Å². The third kappa shape index (κ3) is 11.5. The molecule has 3 aromatic rings. The quantitative estimate of drug-likeness (QED) is 0.158. The number of nitrogens with one attached hydrogen (secondary N) is 2. The lowest BCUT2D eigenvalue weighted by Gasteiger charge is -2.12. The first kappa shape index (κ1) is 29.4. The topological polar surface area (TPSA) is 50.4 Å². The van der Waals surface area contributed by atoms with Crippen LogP contribution in [0.4, 0.5) is 0 Å². The van der Waals surface area contributed by atoms with Crippen molar-refractivity contribution in [3.63, 3.8) is 0 Å². The van der Waals surface area contributed by atoms with Gasteiger partial charge in [0.05, 0.1) is 0 Å². The summed E-state index contributed by atoms with van der Waals surface area (Å²) >= 11 is 0. The van der Waals surface area contributed by atoms with Crippen LogP contribution in [0.3, 0.4) is 0 Å². The van der Waals surface area contributed by atoms with Crippen molar-refractivity contribution in [1.82, 2.24) is 10.6 Å². The third-order valence-electron chi connectivity index (χ3n) is 6.88. The smallest absolute Gasteiger partial charge is 0.251 e. The number of amides is 1. The number of hydrogen-bond donors (Lipinski definition) is 2. The molecule has 1 amide bonds. The first-order valence-electron chi connectivity index (χ1n) is 14.6. The number of unbranched alkanes of at least 4 members (excludes halogenated alkanes) is 9. The van der Waals surface area contributed by atoms with Gasteiger partial charge in [0.25, 0.3) is 5.91 Å². The van der Waals surface area contributed by atoms with Gasteiger partial charge in [-0.15, -0.1) is 0 Å². The van der Waals surface area contributed by atoms with Crippen molar-refractivity contribution in [2.24, 2.45) is 0 Å². The molecule has 4 nitrogen and oxygen atoms in total. The van der Waals surface area contributed by atoms with E-state index in [1.54, 1.807) is 0 Å². The zero-order chi connectivity index (χ0) is 26.7. The maximum atomic E-state index is 12.5. The second-order valence-electron chi connectivity index (χ2n) is 10.1. The molecule has 38 heavy (non-hydrogen) atoms. The van der Waals surface area contributed by atoms with Crippen LogP contribution in [0.15, 0.2) is 78.9 Å². The summed E-state index contributed by atoms with van der Waals surface area (Å²) in [7, 11) is 0. The zero-order valence-corrected chi connectivity index (χ0v) is 23.2. The minimum atomic E-state index is 0.0236. The maximum Gasteiger partial charge on any atom is 0.251 e. The van der Waals surface area contributed by atoms with Crippen LogP contribution in [0, 0.1) is 0 Å². The average molecular weight is 515 g/mol. The summed E-state index contributed by atoms with van der Waals surface area (Å²) in [6.07, 6.45) is 13.9. The molecule has 0 unspecified atom stereocenters. The molecule has 0 aliphatic heterocycles. The molecule has 0 fully saturated rings. The van der Waals surface area contributed by atoms with Crippen LogP contribution >= 0.6 is 0 Å². The summed E-state index contributed by atoms with van der Waals surface area (Å²) in [6.45, 7) is 4.63. The Balaban J connectivity index is 1.27. The summed E-state index contributed by atoms with van der Waals surface area (Å²) in [5.41, 5.74) is 3.08. The van der Waals surface area contributed by atoms with Gasteiger partial charge in [0.2, 0.25) is 0 Å². The van der Waals surface area contributed by atoms with E-state index in [2.05, 4.69) is 23.6 Å². The lowest BCUT2D eigenvalue weighted by molar-refractivity contribution is 0.0953. The fraction of sp³-hybridized carbons (Fsp3) is 0.441. The van der Waals surface area contributed by atoms with E-state index in [4.69, 9.17) is 4.74 Å². The number of carbonyl (C=O) groups excluding carboxylic acids is 1. The molecule has 0 aliphatic carbocycles. The average Bonchev–Trinajstić information content (AvgIpc) is 2.95. The van der Waals surface area contributed by atoms with E-state index in [1.165, 1.54) is 68.9 Å². The molecule has 0 radical (unpaired) electrons. The van der Waals surface area contributed by atoms with Gasteiger partial charge in [-0.25, -0.2) is 0 Å². The summed E-state index contributed by atoms with van der Waals surface area (Å²) in [6, 6.07) is 26.0. The molecule has 0 saturated carbocycles. The van der Waals surface area contributed by atoms with Crippen molar-refractivity contribution in [3.8, 4) is 11.5 Å². The Labute approximate surface area is 230 Å². The van der Waals surface area contributed by atoms with Crippen molar-refractivity contribution in [2.45, 2.75) is 84.1 Å². The van der Waals surface area contributed by atoms with Gasteiger partial charge >= 0.3 is 0 Å². The highest BCUT2D eigenvalue weighted by Gasteiger charge is 2.06. The van der Waals surface area contributed by atoms with Crippen molar-refractivity contribution < 1.29 is 9.53 Å². The first-order chi connectivity index (χ1) is 18.8. The van der Waals surface area contributed by atoms with Gasteiger partial charge in [-0.2, -0.15) is 0 Å². The highest BCUT2D eigenvalue weighted by Crippen LogP contribution is 2.25. The Morgan fingerprint density at radius 2 is 1.32 bits per heavy atom. The minimum absolute atomic E-state index is 0.0236. The molecule has 3 rings (SSSR count). The van der Waals surface area contributed by atoms with E-state index in [1.807, 2.05) is 72.8 Å². The molecule has 3 aromatic carbocycles. The lowest BCUT2D eigenvalue weighted by atomic mass is 10.1. The molecule has 0 heterocycles.